The molecule has 1 aliphatic heterocycles. The zero-order chi connectivity index (χ0) is 12.5. The Labute approximate surface area is 111 Å². The predicted octanol–water partition coefficient (Wildman–Crippen LogP) is 2.51. The molecule has 2 aromatic heterocycles. The molecule has 3 heterocycles. The van der Waals surface area contributed by atoms with E-state index in [0.29, 0.717) is 0 Å². The molecule has 2 aromatic rings. The number of nitrogens with zero attached hydrogens (tertiary/aromatic N) is 2. The van der Waals surface area contributed by atoms with Crippen LogP contribution in [0.4, 0.5) is 5.69 Å². The van der Waals surface area contributed by atoms with Gasteiger partial charge in [-0.15, -0.1) is 11.3 Å². The van der Waals surface area contributed by atoms with E-state index in [1.165, 1.54) is 10.4 Å². The second-order valence-electron chi connectivity index (χ2n) is 4.65. The van der Waals surface area contributed by atoms with E-state index in [4.69, 9.17) is 0 Å². The Morgan fingerprint density at radius 1 is 1.50 bits per heavy atom. The molecule has 0 aliphatic carbocycles. The summed E-state index contributed by atoms with van der Waals surface area (Å²) in [7, 11) is 0. The third-order valence-corrected chi connectivity index (χ3v) is 4.44. The van der Waals surface area contributed by atoms with Gasteiger partial charge in [-0.2, -0.15) is 0 Å². The molecule has 0 saturated heterocycles. The van der Waals surface area contributed by atoms with Gasteiger partial charge in [-0.25, -0.2) is 0 Å². The fourth-order valence-electron chi connectivity index (χ4n) is 2.44. The maximum Gasteiger partial charge on any atom is 0.0717 e. The number of hydrogen-bond donors (Lipinski definition) is 1. The Hall–Kier alpha value is -1.39. The number of thiophene rings is 1. The molecule has 4 heteroatoms. The highest BCUT2D eigenvalue weighted by atomic mass is 32.1. The molecule has 1 N–H and O–H groups in total. The third kappa shape index (κ3) is 2.02. The Kier molecular flexibility index (Phi) is 3.06. The minimum absolute atomic E-state index is 0.0512. The Morgan fingerprint density at radius 3 is 3.22 bits per heavy atom. The molecule has 0 spiro atoms. The lowest BCUT2D eigenvalue weighted by Gasteiger charge is -2.30. The molecule has 3 rings (SSSR count). The SMILES string of the molecule is Cc1cc(N2CCc3sccc3C2)c(CO)cn1. The number of pyridine rings is 1. The third-order valence-electron chi connectivity index (χ3n) is 3.42. The van der Waals surface area contributed by atoms with Gasteiger partial charge in [0, 0.05) is 41.1 Å². The highest BCUT2D eigenvalue weighted by molar-refractivity contribution is 7.10. The van der Waals surface area contributed by atoms with Crippen LogP contribution in [0.1, 0.15) is 21.7 Å². The molecular weight excluding hydrogens is 244 g/mol. The molecule has 0 bridgehead atoms. The van der Waals surface area contributed by atoms with Gasteiger partial charge in [0.05, 0.1) is 6.61 Å². The van der Waals surface area contributed by atoms with E-state index < -0.39 is 0 Å². The van der Waals surface area contributed by atoms with Gasteiger partial charge in [-0.3, -0.25) is 4.98 Å². The number of aliphatic hydroxyl groups excluding tert-OH is 1. The maximum absolute atomic E-state index is 9.43. The number of aliphatic hydroxyl groups is 1. The van der Waals surface area contributed by atoms with E-state index in [2.05, 4.69) is 27.4 Å². The van der Waals surface area contributed by atoms with E-state index in [1.54, 1.807) is 6.20 Å². The van der Waals surface area contributed by atoms with Crippen LogP contribution in [0.25, 0.3) is 0 Å². The average Bonchev–Trinajstić information content (AvgIpc) is 2.85. The summed E-state index contributed by atoms with van der Waals surface area (Å²) in [4.78, 5) is 8.10. The second kappa shape index (κ2) is 4.71. The van der Waals surface area contributed by atoms with Crippen molar-refractivity contribution >= 4 is 17.0 Å². The van der Waals surface area contributed by atoms with Gasteiger partial charge in [0.25, 0.3) is 0 Å². The molecule has 0 aromatic carbocycles. The fraction of sp³-hybridized carbons (Fsp3) is 0.357. The van der Waals surface area contributed by atoms with E-state index in [-0.39, 0.29) is 6.61 Å². The van der Waals surface area contributed by atoms with Crippen LogP contribution in [0, 0.1) is 6.92 Å². The smallest absolute Gasteiger partial charge is 0.0717 e. The molecule has 3 nitrogen and oxygen atoms in total. The molecule has 0 fully saturated rings. The Balaban J connectivity index is 1.94. The van der Waals surface area contributed by atoms with Gasteiger partial charge in [0.15, 0.2) is 0 Å². The van der Waals surface area contributed by atoms with Crippen molar-refractivity contribution in [1.82, 2.24) is 4.98 Å². The molecule has 18 heavy (non-hydrogen) atoms. The first kappa shape index (κ1) is 11.7. The minimum Gasteiger partial charge on any atom is -0.392 e. The van der Waals surface area contributed by atoms with Crippen LogP contribution in [-0.2, 0) is 19.6 Å². The number of aryl methyl sites for hydroxylation is 1. The van der Waals surface area contributed by atoms with Crippen LogP contribution < -0.4 is 4.90 Å². The van der Waals surface area contributed by atoms with Crippen LogP contribution in [0.5, 0.6) is 0 Å². The summed E-state index contributed by atoms with van der Waals surface area (Å²) in [6.45, 7) is 4.00. The summed E-state index contributed by atoms with van der Waals surface area (Å²) in [5.41, 5.74) is 4.46. The van der Waals surface area contributed by atoms with Crippen LogP contribution in [0.3, 0.4) is 0 Å². The fourth-order valence-corrected chi connectivity index (χ4v) is 3.33. The van der Waals surface area contributed by atoms with E-state index in [1.807, 2.05) is 18.3 Å². The maximum atomic E-state index is 9.43. The Morgan fingerprint density at radius 2 is 2.39 bits per heavy atom. The standard InChI is InChI=1S/C14H16N2OS/c1-10-6-13(12(9-17)7-15-10)16-4-2-14-11(8-16)3-5-18-14/h3,5-7,17H,2,4,8-9H2,1H3. The van der Waals surface area contributed by atoms with Crippen molar-refractivity contribution in [3.63, 3.8) is 0 Å². The minimum atomic E-state index is 0.0512. The first-order valence-corrected chi connectivity index (χ1v) is 7.02. The van der Waals surface area contributed by atoms with Crippen LogP contribution >= 0.6 is 11.3 Å². The number of anilines is 1. The summed E-state index contributed by atoms with van der Waals surface area (Å²) in [6, 6.07) is 4.28. The van der Waals surface area contributed by atoms with Gasteiger partial charge in [-0.1, -0.05) is 0 Å². The Bertz CT molecular complexity index is 565. The lowest BCUT2D eigenvalue weighted by atomic mass is 10.1. The molecule has 1 aliphatic rings. The predicted molar refractivity (Wildman–Crippen MR) is 74.0 cm³/mol. The first-order chi connectivity index (χ1) is 8.78. The van der Waals surface area contributed by atoms with Gasteiger partial charge in [-0.05, 0) is 36.4 Å². The number of hydrogen-bond acceptors (Lipinski definition) is 4. The molecule has 0 amide bonds. The van der Waals surface area contributed by atoms with E-state index >= 15 is 0 Å². The van der Waals surface area contributed by atoms with Crippen LogP contribution in [0.15, 0.2) is 23.7 Å². The highest BCUT2D eigenvalue weighted by Crippen LogP contribution is 2.29. The van der Waals surface area contributed by atoms with Crippen molar-refractivity contribution in [3.8, 4) is 0 Å². The first-order valence-electron chi connectivity index (χ1n) is 6.14. The molecule has 0 radical (unpaired) electrons. The van der Waals surface area contributed by atoms with Crippen molar-refractivity contribution in [2.24, 2.45) is 0 Å². The van der Waals surface area contributed by atoms with Gasteiger partial charge >= 0.3 is 0 Å². The number of aromatic nitrogens is 1. The summed E-state index contributed by atoms with van der Waals surface area (Å²) < 4.78 is 0. The molecule has 0 saturated carbocycles. The molecule has 0 atom stereocenters. The van der Waals surface area contributed by atoms with Crippen molar-refractivity contribution in [2.75, 3.05) is 11.4 Å². The van der Waals surface area contributed by atoms with Crippen LogP contribution in [-0.4, -0.2) is 16.6 Å². The zero-order valence-corrected chi connectivity index (χ0v) is 11.2. The molecule has 94 valence electrons. The van der Waals surface area contributed by atoms with E-state index in [9.17, 15) is 5.11 Å². The monoisotopic (exact) mass is 260 g/mol. The normalized spacial score (nSPS) is 14.7. The van der Waals surface area contributed by atoms with Crippen molar-refractivity contribution in [2.45, 2.75) is 26.5 Å². The van der Waals surface area contributed by atoms with Crippen molar-refractivity contribution < 1.29 is 5.11 Å². The lowest BCUT2D eigenvalue weighted by Crippen LogP contribution is -2.30. The van der Waals surface area contributed by atoms with Gasteiger partial charge in [0.2, 0.25) is 0 Å². The van der Waals surface area contributed by atoms with E-state index in [0.717, 1.165) is 36.5 Å². The van der Waals surface area contributed by atoms with Gasteiger partial charge in [0.1, 0.15) is 0 Å². The topological polar surface area (TPSA) is 36.4 Å². The zero-order valence-electron chi connectivity index (χ0n) is 10.4. The second-order valence-corrected chi connectivity index (χ2v) is 5.65. The van der Waals surface area contributed by atoms with Crippen molar-refractivity contribution in [1.29, 1.82) is 0 Å². The van der Waals surface area contributed by atoms with Gasteiger partial charge < -0.3 is 10.0 Å². The molecule has 0 unspecified atom stereocenters. The summed E-state index contributed by atoms with van der Waals surface area (Å²) in [5.74, 6) is 0. The van der Waals surface area contributed by atoms with Crippen LogP contribution in [0.2, 0.25) is 0 Å². The summed E-state index contributed by atoms with van der Waals surface area (Å²) >= 11 is 1.85. The molecular formula is C14H16N2OS. The summed E-state index contributed by atoms with van der Waals surface area (Å²) in [5, 5.41) is 11.6. The largest absolute Gasteiger partial charge is 0.392 e. The quantitative estimate of drug-likeness (QED) is 0.901. The number of rotatable bonds is 2. The summed E-state index contributed by atoms with van der Waals surface area (Å²) in [6.07, 6.45) is 2.88. The average molecular weight is 260 g/mol. The van der Waals surface area contributed by atoms with Crippen molar-refractivity contribution in [3.05, 3.63) is 45.4 Å². The number of fused-ring (bicyclic) bond motifs is 1. The lowest BCUT2D eigenvalue weighted by molar-refractivity contribution is 0.281. The highest BCUT2D eigenvalue weighted by Gasteiger charge is 2.19.